The number of aryl methyl sites for hydroxylation is 2. The van der Waals surface area contributed by atoms with Crippen LogP contribution in [0.2, 0.25) is 0 Å². The smallest absolute Gasteiger partial charge is 0.201 e. The number of benzene rings is 5. The lowest BCUT2D eigenvalue weighted by Crippen LogP contribution is -2.32. The van der Waals surface area contributed by atoms with Crippen LogP contribution in [0.1, 0.15) is 5.56 Å². The molecule has 6 aromatic rings. The molecule has 0 amide bonds. The number of nitrogens with zero attached hydrogens (tertiary/aromatic N) is 1. The zero-order valence-corrected chi connectivity index (χ0v) is 21.9. The third-order valence-electron chi connectivity index (χ3n) is 7.62. The lowest BCUT2D eigenvalue weighted by molar-refractivity contribution is -0.660. The van der Waals surface area contributed by atoms with Gasteiger partial charge < -0.3 is 0 Å². The lowest BCUT2D eigenvalue weighted by Gasteiger charge is -2.26. The molecule has 0 spiro atoms. The van der Waals surface area contributed by atoms with Gasteiger partial charge in [0.1, 0.15) is 30.2 Å². The highest BCUT2D eigenvalue weighted by atomic mass is 31.2. The predicted octanol–water partition coefficient (Wildman–Crippen LogP) is 6.72. The molecule has 0 saturated carbocycles. The minimum Gasteiger partial charge on any atom is -0.201 e. The van der Waals surface area contributed by atoms with Gasteiger partial charge in [-0.3, -0.25) is 0 Å². The number of rotatable bonds is 4. The standard InChI is InChI=1S/C34H30NP/c1-25-29(32-20-12-13-23-35(32)2)21-22-31-30-19-11-10-14-26(30)24-33(34(25)31)36(3,27-15-6-4-7-16-27)28-17-8-5-9-18-28/h4-24H,1-3H3/q+2. The van der Waals surface area contributed by atoms with E-state index in [0.717, 1.165) is 0 Å². The van der Waals surface area contributed by atoms with Crippen LogP contribution in [0.4, 0.5) is 0 Å². The van der Waals surface area contributed by atoms with Crippen molar-refractivity contribution in [3.05, 3.63) is 133 Å². The minimum absolute atomic E-state index is 1.23. The number of fused-ring (bicyclic) bond motifs is 3. The molecule has 2 heteroatoms. The van der Waals surface area contributed by atoms with E-state index in [1.165, 1.54) is 54.3 Å². The maximum Gasteiger partial charge on any atom is 0.212 e. The molecule has 1 aromatic heterocycles. The molecule has 1 nitrogen and oxygen atoms in total. The Bertz CT molecular complexity index is 1670. The third-order valence-corrected chi connectivity index (χ3v) is 11.6. The average Bonchev–Trinajstić information content (AvgIpc) is 2.94. The molecule has 174 valence electrons. The molecule has 1 heterocycles. The second kappa shape index (κ2) is 9.01. The van der Waals surface area contributed by atoms with Crippen LogP contribution >= 0.6 is 7.26 Å². The fraction of sp³-hybridized carbons (Fsp3) is 0.0882. The number of hydrogen-bond donors (Lipinski definition) is 0. The zero-order valence-electron chi connectivity index (χ0n) is 21.0. The van der Waals surface area contributed by atoms with Crippen LogP contribution in [0.25, 0.3) is 32.8 Å². The lowest BCUT2D eigenvalue weighted by atomic mass is 9.94. The summed E-state index contributed by atoms with van der Waals surface area (Å²) in [5.41, 5.74) is 3.86. The van der Waals surface area contributed by atoms with Gasteiger partial charge in [0.15, 0.2) is 6.20 Å². The van der Waals surface area contributed by atoms with E-state index in [-0.39, 0.29) is 0 Å². The first-order valence-corrected chi connectivity index (χ1v) is 14.7. The molecule has 0 aliphatic rings. The molecule has 0 aliphatic carbocycles. The van der Waals surface area contributed by atoms with Crippen LogP contribution in [0, 0.1) is 6.92 Å². The average molecular weight is 484 g/mol. The molecule has 0 unspecified atom stereocenters. The SMILES string of the molecule is Cc1c(-c2cccc[n+]2C)ccc2c1c([P+](C)(c1ccccc1)c1ccccc1)cc1ccccc12. The first-order chi connectivity index (χ1) is 17.6. The van der Waals surface area contributed by atoms with Crippen molar-refractivity contribution in [3.63, 3.8) is 0 Å². The molecule has 0 N–H and O–H groups in total. The summed E-state index contributed by atoms with van der Waals surface area (Å²) in [6.07, 6.45) is 2.13. The van der Waals surface area contributed by atoms with E-state index in [4.69, 9.17) is 0 Å². The van der Waals surface area contributed by atoms with Crippen LogP contribution in [0.5, 0.6) is 0 Å². The largest absolute Gasteiger partial charge is 0.212 e. The van der Waals surface area contributed by atoms with Gasteiger partial charge in [0.25, 0.3) is 0 Å². The summed E-state index contributed by atoms with van der Waals surface area (Å²) in [5, 5.41) is 9.60. The number of pyridine rings is 1. The molecule has 0 aliphatic heterocycles. The quantitative estimate of drug-likeness (QED) is 0.149. The Balaban J connectivity index is 1.79. The molecule has 0 radical (unpaired) electrons. The molecule has 6 rings (SSSR count). The van der Waals surface area contributed by atoms with Gasteiger partial charge in [-0.1, -0.05) is 66.7 Å². The van der Waals surface area contributed by atoms with Crippen molar-refractivity contribution in [2.75, 3.05) is 6.66 Å². The summed E-state index contributed by atoms with van der Waals surface area (Å²) in [6.45, 7) is 4.80. The second-order valence-corrected chi connectivity index (χ2v) is 13.2. The van der Waals surface area contributed by atoms with E-state index in [0.29, 0.717) is 0 Å². The van der Waals surface area contributed by atoms with Crippen LogP contribution in [-0.4, -0.2) is 6.66 Å². The van der Waals surface area contributed by atoms with Gasteiger partial charge in [0.2, 0.25) is 5.69 Å². The summed E-state index contributed by atoms with van der Waals surface area (Å²) in [6, 6.07) is 44.7. The second-order valence-electron chi connectivity index (χ2n) is 9.65. The van der Waals surface area contributed by atoms with Gasteiger partial charge in [-0.25, -0.2) is 4.57 Å². The fourth-order valence-corrected chi connectivity index (χ4v) is 9.19. The Kier molecular flexibility index (Phi) is 5.67. The van der Waals surface area contributed by atoms with Crippen LogP contribution < -0.4 is 20.5 Å². The molecular weight excluding hydrogens is 453 g/mol. The first-order valence-electron chi connectivity index (χ1n) is 12.5. The van der Waals surface area contributed by atoms with Crippen LogP contribution in [0.15, 0.2) is 128 Å². The van der Waals surface area contributed by atoms with Crippen LogP contribution in [-0.2, 0) is 7.05 Å². The predicted molar refractivity (Wildman–Crippen MR) is 157 cm³/mol. The number of hydrogen-bond acceptors (Lipinski definition) is 0. The molecular formula is C34H30NP+2. The highest BCUT2D eigenvalue weighted by Gasteiger charge is 2.42. The molecule has 0 fully saturated rings. The molecule has 36 heavy (non-hydrogen) atoms. The molecule has 0 bridgehead atoms. The molecule has 0 atom stereocenters. The normalized spacial score (nSPS) is 11.8. The van der Waals surface area contributed by atoms with E-state index in [1.54, 1.807) is 0 Å². The highest BCUT2D eigenvalue weighted by molar-refractivity contribution is 7.95. The molecule has 5 aromatic carbocycles. The maximum absolute atomic E-state index is 2.50. The van der Waals surface area contributed by atoms with E-state index in [2.05, 4.69) is 153 Å². The first kappa shape index (κ1) is 22.7. The van der Waals surface area contributed by atoms with Crippen molar-refractivity contribution in [1.29, 1.82) is 0 Å². The summed E-state index contributed by atoms with van der Waals surface area (Å²) < 4.78 is 2.22. The van der Waals surface area contributed by atoms with Crippen molar-refractivity contribution in [2.24, 2.45) is 7.05 Å². The summed E-state index contributed by atoms with van der Waals surface area (Å²) in [7, 11) is 0.197. The fourth-order valence-electron chi connectivity index (χ4n) is 5.67. The van der Waals surface area contributed by atoms with E-state index in [1.807, 2.05) is 0 Å². The summed E-state index contributed by atoms with van der Waals surface area (Å²) in [4.78, 5) is 0. The van der Waals surface area contributed by atoms with Crippen molar-refractivity contribution in [2.45, 2.75) is 6.92 Å². The van der Waals surface area contributed by atoms with E-state index in [9.17, 15) is 0 Å². The van der Waals surface area contributed by atoms with Crippen molar-refractivity contribution >= 4 is 44.7 Å². The monoisotopic (exact) mass is 483 g/mol. The van der Waals surface area contributed by atoms with Crippen molar-refractivity contribution in [3.8, 4) is 11.3 Å². The summed E-state index contributed by atoms with van der Waals surface area (Å²) >= 11 is 0. The van der Waals surface area contributed by atoms with E-state index >= 15 is 0 Å². The maximum atomic E-state index is 2.50. The van der Waals surface area contributed by atoms with Gasteiger partial charge in [-0.15, -0.1) is 0 Å². The zero-order chi connectivity index (χ0) is 24.7. The van der Waals surface area contributed by atoms with Crippen molar-refractivity contribution < 1.29 is 4.57 Å². The van der Waals surface area contributed by atoms with Gasteiger partial charge in [0.05, 0.1) is 6.66 Å². The van der Waals surface area contributed by atoms with Gasteiger partial charge in [-0.05, 0) is 71.1 Å². The topological polar surface area (TPSA) is 3.88 Å². The molecule has 0 saturated heterocycles. The van der Waals surface area contributed by atoms with Gasteiger partial charge in [0, 0.05) is 23.1 Å². The third kappa shape index (κ3) is 3.55. The Morgan fingerprint density at radius 1 is 0.611 bits per heavy atom. The highest BCUT2D eigenvalue weighted by Crippen LogP contribution is 2.54. The Morgan fingerprint density at radius 3 is 1.89 bits per heavy atom. The van der Waals surface area contributed by atoms with E-state index < -0.39 is 7.26 Å². The van der Waals surface area contributed by atoms with Crippen molar-refractivity contribution in [1.82, 2.24) is 0 Å². The van der Waals surface area contributed by atoms with Crippen LogP contribution in [0.3, 0.4) is 0 Å². The Labute approximate surface area is 214 Å². The van der Waals surface area contributed by atoms with Gasteiger partial charge >= 0.3 is 0 Å². The summed E-state index contributed by atoms with van der Waals surface area (Å²) in [5.74, 6) is 0. The Morgan fingerprint density at radius 2 is 1.22 bits per heavy atom. The minimum atomic E-state index is -1.93. The number of aromatic nitrogens is 1. The Hall–Kier alpha value is -3.80. The van der Waals surface area contributed by atoms with Gasteiger partial charge in [-0.2, -0.15) is 0 Å².